The van der Waals surface area contributed by atoms with Crippen LogP contribution in [-0.4, -0.2) is 4.57 Å². The molecule has 2 heterocycles. The lowest BCUT2D eigenvalue weighted by Crippen LogP contribution is -2.12. The van der Waals surface area contributed by atoms with Gasteiger partial charge in [-0.25, -0.2) is 0 Å². The van der Waals surface area contributed by atoms with Crippen LogP contribution >= 0.6 is 0 Å². The molecule has 0 aliphatic rings. The van der Waals surface area contributed by atoms with Gasteiger partial charge < -0.3 is 13.9 Å². The van der Waals surface area contributed by atoms with Crippen molar-refractivity contribution in [1.82, 2.24) is 4.57 Å². The second-order valence-corrected chi connectivity index (χ2v) is 14.1. The number of hydrogen-bond acceptors (Lipinski definition) is 2. The number of nitrogens with zero attached hydrogens (tertiary/aromatic N) is 2. The summed E-state index contributed by atoms with van der Waals surface area (Å²) in [6.45, 7) is 0. The van der Waals surface area contributed by atoms with Crippen LogP contribution in [0.1, 0.15) is 0 Å². The third-order valence-electron chi connectivity index (χ3n) is 11.0. The Balaban J connectivity index is 1.14. The fourth-order valence-corrected chi connectivity index (χ4v) is 8.49. The topological polar surface area (TPSA) is 21.3 Å². The minimum Gasteiger partial charge on any atom is -0.456 e. The molecule has 0 bridgehead atoms. The Morgan fingerprint density at radius 2 is 0.945 bits per heavy atom. The Hall–Kier alpha value is -7.36. The lowest BCUT2D eigenvalue weighted by Gasteiger charge is -2.29. The summed E-state index contributed by atoms with van der Waals surface area (Å²) in [7, 11) is 0. The molecule has 0 unspecified atom stereocenters. The molecule has 0 aliphatic heterocycles. The van der Waals surface area contributed by atoms with Crippen LogP contribution in [0, 0.1) is 0 Å². The van der Waals surface area contributed by atoms with E-state index in [4.69, 9.17) is 4.42 Å². The Labute approximate surface area is 318 Å². The Bertz CT molecular complexity index is 3180. The number of para-hydroxylation sites is 4. The number of aromatic nitrogens is 1. The number of anilines is 3. The van der Waals surface area contributed by atoms with Gasteiger partial charge in [0, 0.05) is 44.2 Å². The van der Waals surface area contributed by atoms with Crippen molar-refractivity contribution in [2.75, 3.05) is 4.90 Å². The quantitative estimate of drug-likeness (QED) is 0.172. The van der Waals surface area contributed by atoms with Crippen molar-refractivity contribution >= 4 is 71.6 Å². The van der Waals surface area contributed by atoms with E-state index < -0.39 is 0 Å². The molecule has 0 spiro atoms. The van der Waals surface area contributed by atoms with E-state index in [-0.39, 0.29) is 0 Å². The molecular formula is C52H34N2O. The monoisotopic (exact) mass is 702 g/mol. The van der Waals surface area contributed by atoms with Gasteiger partial charge in [-0.3, -0.25) is 0 Å². The van der Waals surface area contributed by atoms with Crippen LogP contribution in [0.5, 0.6) is 0 Å². The molecule has 0 N–H and O–H groups in total. The SMILES string of the molecule is c1cc(-c2cccc3ccccc23)cc(N(c2cccc(-n3c4ccccc4c4ccccc43)c2)c2ccccc2-c2ccc3c(c2)oc2ccccc23)c1. The normalized spacial score (nSPS) is 11.6. The van der Waals surface area contributed by atoms with Crippen molar-refractivity contribution in [2.24, 2.45) is 0 Å². The molecule has 0 radical (unpaired) electrons. The summed E-state index contributed by atoms with van der Waals surface area (Å²) in [5.41, 5.74) is 13.0. The van der Waals surface area contributed by atoms with Crippen LogP contribution in [0.4, 0.5) is 17.1 Å². The average Bonchev–Trinajstić information content (AvgIpc) is 3.79. The Morgan fingerprint density at radius 3 is 1.78 bits per heavy atom. The van der Waals surface area contributed by atoms with Crippen LogP contribution in [-0.2, 0) is 0 Å². The lowest BCUT2D eigenvalue weighted by atomic mass is 9.97. The fourth-order valence-electron chi connectivity index (χ4n) is 8.49. The van der Waals surface area contributed by atoms with E-state index in [2.05, 4.69) is 204 Å². The molecule has 0 amide bonds. The molecule has 258 valence electrons. The molecule has 0 atom stereocenters. The zero-order valence-corrected chi connectivity index (χ0v) is 29.9. The predicted octanol–water partition coefficient (Wildman–Crippen LogP) is 14.6. The van der Waals surface area contributed by atoms with Gasteiger partial charge >= 0.3 is 0 Å². The van der Waals surface area contributed by atoms with Crippen molar-refractivity contribution in [3.05, 3.63) is 206 Å². The zero-order valence-electron chi connectivity index (χ0n) is 29.9. The van der Waals surface area contributed by atoms with Gasteiger partial charge in [-0.05, 0) is 94.2 Å². The minimum atomic E-state index is 0.881. The molecule has 55 heavy (non-hydrogen) atoms. The van der Waals surface area contributed by atoms with Gasteiger partial charge in [-0.2, -0.15) is 0 Å². The maximum Gasteiger partial charge on any atom is 0.136 e. The van der Waals surface area contributed by atoms with Crippen LogP contribution in [0.3, 0.4) is 0 Å². The highest BCUT2D eigenvalue weighted by Crippen LogP contribution is 2.44. The third kappa shape index (κ3) is 5.13. The van der Waals surface area contributed by atoms with Gasteiger partial charge in [0.15, 0.2) is 0 Å². The summed E-state index contributed by atoms with van der Waals surface area (Å²) in [5.74, 6) is 0. The molecule has 11 rings (SSSR count). The zero-order chi connectivity index (χ0) is 36.3. The van der Waals surface area contributed by atoms with E-state index in [9.17, 15) is 0 Å². The van der Waals surface area contributed by atoms with E-state index >= 15 is 0 Å². The first kappa shape index (κ1) is 31.2. The van der Waals surface area contributed by atoms with E-state index in [1.165, 1.54) is 43.7 Å². The van der Waals surface area contributed by atoms with Crippen molar-refractivity contribution in [3.8, 4) is 27.9 Å². The summed E-state index contributed by atoms with van der Waals surface area (Å²) >= 11 is 0. The van der Waals surface area contributed by atoms with Crippen LogP contribution in [0.25, 0.3) is 82.5 Å². The third-order valence-corrected chi connectivity index (χ3v) is 11.0. The summed E-state index contributed by atoms with van der Waals surface area (Å²) in [6.07, 6.45) is 0. The van der Waals surface area contributed by atoms with Gasteiger partial charge in [-0.1, -0.05) is 140 Å². The fraction of sp³-hybridized carbons (Fsp3) is 0. The number of furan rings is 1. The first-order chi connectivity index (χ1) is 27.3. The highest BCUT2D eigenvalue weighted by Gasteiger charge is 2.20. The molecular weight excluding hydrogens is 669 g/mol. The minimum absolute atomic E-state index is 0.881. The molecule has 2 aromatic heterocycles. The van der Waals surface area contributed by atoms with E-state index in [1.54, 1.807) is 0 Å². The molecule has 11 aromatic rings. The van der Waals surface area contributed by atoms with E-state index in [0.717, 1.165) is 55.8 Å². The van der Waals surface area contributed by atoms with Crippen molar-refractivity contribution < 1.29 is 4.42 Å². The summed E-state index contributed by atoms with van der Waals surface area (Å²) < 4.78 is 8.78. The smallest absolute Gasteiger partial charge is 0.136 e. The van der Waals surface area contributed by atoms with Gasteiger partial charge in [0.05, 0.1) is 16.7 Å². The first-order valence-electron chi connectivity index (χ1n) is 18.8. The lowest BCUT2D eigenvalue weighted by molar-refractivity contribution is 0.669. The molecule has 0 fully saturated rings. The molecule has 3 heteroatoms. The van der Waals surface area contributed by atoms with Gasteiger partial charge in [-0.15, -0.1) is 0 Å². The standard InChI is InChI=1S/C52H34N2O/c1-2-20-41-35(14-1)15-12-25-42(41)36-16-11-17-38(32-36)53(39-18-13-19-40(34-39)54-49-27-8-4-22-44(49)45-23-5-9-28-50(45)54)48-26-7-3-21-43(48)37-30-31-47-46-24-6-10-29-51(46)55-52(47)33-37/h1-34H. The number of fused-ring (bicyclic) bond motifs is 7. The van der Waals surface area contributed by atoms with Gasteiger partial charge in [0.25, 0.3) is 0 Å². The van der Waals surface area contributed by atoms with Crippen molar-refractivity contribution in [1.29, 1.82) is 0 Å². The van der Waals surface area contributed by atoms with Crippen LogP contribution < -0.4 is 4.90 Å². The highest BCUT2D eigenvalue weighted by molar-refractivity contribution is 6.10. The van der Waals surface area contributed by atoms with Crippen LogP contribution in [0.15, 0.2) is 211 Å². The van der Waals surface area contributed by atoms with Gasteiger partial charge in [0.1, 0.15) is 11.2 Å². The molecule has 3 nitrogen and oxygen atoms in total. The Kier molecular flexibility index (Phi) is 7.17. The average molecular weight is 703 g/mol. The molecule has 9 aromatic carbocycles. The second-order valence-electron chi connectivity index (χ2n) is 14.1. The number of benzene rings is 9. The summed E-state index contributed by atoms with van der Waals surface area (Å²) in [4.78, 5) is 2.41. The number of hydrogen-bond donors (Lipinski definition) is 0. The first-order valence-corrected chi connectivity index (χ1v) is 18.8. The summed E-state index contributed by atoms with van der Waals surface area (Å²) in [5, 5.41) is 7.21. The maximum absolute atomic E-state index is 6.40. The van der Waals surface area contributed by atoms with Crippen molar-refractivity contribution in [3.63, 3.8) is 0 Å². The Morgan fingerprint density at radius 1 is 0.364 bits per heavy atom. The summed E-state index contributed by atoms with van der Waals surface area (Å²) in [6, 6.07) is 74.1. The largest absolute Gasteiger partial charge is 0.456 e. The predicted molar refractivity (Wildman–Crippen MR) is 231 cm³/mol. The van der Waals surface area contributed by atoms with Gasteiger partial charge in [0.2, 0.25) is 0 Å². The number of rotatable bonds is 6. The van der Waals surface area contributed by atoms with Crippen molar-refractivity contribution in [2.45, 2.75) is 0 Å². The van der Waals surface area contributed by atoms with E-state index in [0.29, 0.717) is 0 Å². The molecule has 0 aliphatic carbocycles. The molecule has 0 saturated heterocycles. The molecule has 0 saturated carbocycles. The van der Waals surface area contributed by atoms with Crippen LogP contribution in [0.2, 0.25) is 0 Å². The van der Waals surface area contributed by atoms with E-state index in [1.807, 2.05) is 12.1 Å². The highest BCUT2D eigenvalue weighted by atomic mass is 16.3. The second kappa shape index (κ2) is 12.6. The maximum atomic E-state index is 6.40.